The molecule has 0 aromatic carbocycles. The molecule has 0 spiro atoms. The van der Waals surface area contributed by atoms with Crippen molar-refractivity contribution in [2.24, 2.45) is 56.7 Å². The SMILES string of the molecule is C[C@@H]1[C@H](C)CC[C@@]2(C(=O)NCCCC(C(=O)O)N3CCN(CC=O)CCN(CC(=O)O)CCN(CC(=O)O)CC3)CC[C@]3(C)C(=CCC4[C@]5(C)CC[C@@H](O)C(C)(C)C5CC[C@@]43C)[C@@H]12. The maximum absolute atomic E-state index is 14.9. The highest BCUT2D eigenvalue weighted by Gasteiger charge is 2.69. The Bertz CT molecular complexity index is 1720. The maximum Gasteiger partial charge on any atom is 0.320 e. The van der Waals surface area contributed by atoms with Gasteiger partial charge < -0.3 is 30.5 Å². The van der Waals surface area contributed by atoms with E-state index in [0.29, 0.717) is 75.9 Å². The number of amides is 1. The molecule has 1 aliphatic heterocycles. The Morgan fingerprint density at radius 3 is 1.98 bits per heavy atom. The molecule has 63 heavy (non-hydrogen) atoms. The Labute approximate surface area is 376 Å². The van der Waals surface area contributed by atoms with E-state index in [2.05, 4.69) is 59.9 Å². The predicted molar refractivity (Wildman–Crippen MR) is 241 cm³/mol. The van der Waals surface area contributed by atoms with Gasteiger partial charge in [0.2, 0.25) is 5.91 Å². The summed E-state index contributed by atoms with van der Waals surface area (Å²) in [5.41, 5.74) is 1.09. The van der Waals surface area contributed by atoms with Crippen LogP contribution in [-0.4, -0.2) is 161 Å². The number of carbonyl (C=O) groups excluding carboxylic acids is 2. The molecular weight excluding hydrogens is 803 g/mol. The molecule has 11 atom stereocenters. The predicted octanol–water partition coefficient (Wildman–Crippen LogP) is 4.94. The average molecular weight is 884 g/mol. The third-order valence-electron chi connectivity index (χ3n) is 19.0. The van der Waals surface area contributed by atoms with Crippen molar-refractivity contribution < 1.29 is 44.4 Å². The van der Waals surface area contributed by atoms with Crippen molar-refractivity contribution in [1.82, 2.24) is 24.9 Å². The summed E-state index contributed by atoms with van der Waals surface area (Å²) in [7, 11) is 0. The van der Waals surface area contributed by atoms with Gasteiger partial charge in [0.05, 0.1) is 31.2 Å². The molecule has 1 amide bonds. The number of aldehydes is 1. The molecule has 6 rings (SSSR count). The van der Waals surface area contributed by atoms with E-state index in [1.807, 2.05) is 9.80 Å². The lowest BCUT2D eigenvalue weighted by Gasteiger charge is -2.71. The first-order chi connectivity index (χ1) is 29.6. The van der Waals surface area contributed by atoms with Gasteiger partial charge >= 0.3 is 17.9 Å². The van der Waals surface area contributed by atoms with E-state index in [0.717, 1.165) is 64.1 Å². The minimum Gasteiger partial charge on any atom is -0.480 e. The number of rotatable bonds is 13. The van der Waals surface area contributed by atoms with Gasteiger partial charge in [-0.2, -0.15) is 0 Å². The molecule has 14 heteroatoms. The van der Waals surface area contributed by atoms with Crippen LogP contribution in [0.4, 0.5) is 0 Å². The molecule has 356 valence electrons. The first-order valence-electron chi connectivity index (χ1n) is 24.3. The van der Waals surface area contributed by atoms with Crippen LogP contribution >= 0.6 is 0 Å². The standard InChI is InChI=1S/C49H81N5O9/c1-33-12-17-49(19-18-47(6)35(42(49)34(33)2)10-11-38-46(5)15-14-39(56)45(3,4)37(46)13-16-48(38,47)7)44(63)50-20-8-9-36(43(61)62)54-27-25-51(29-30-55)21-22-52(31-40(57)58)23-24-53(26-28-54)32-41(59)60/h10,30,33-34,36-39,42,56H,8-9,11-29,31-32H2,1-7H3,(H,50,63)(H,57,58)(H,59,60)(H,61,62)/t33-,34-,36?,37?,38?,39-,42-,46-,47-,48+,49-/m1/s1. The topological polar surface area (TPSA) is 191 Å². The van der Waals surface area contributed by atoms with Crippen LogP contribution in [0.1, 0.15) is 119 Å². The number of fused-ring (bicyclic) bond motifs is 7. The van der Waals surface area contributed by atoms with Crippen LogP contribution in [0.25, 0.3) is 0 Å². The van der Waals surface area contributed by atoms with Crippen LogP contribution in [0.15, 0.2) is 11.6 Å². The van der Waals surface area contributed by atoms with Crippen LogP contribution in [0.2, 0.25) is 0 Å². The van der Waals surface area contributed by atoms with Gasteiger partial charge in [0.15, 0.2) is 0 Å². The van der Waals surface area contributed by atoms with E-state index < -0.39 is 29.4 Å². The second-order valence-corrected chi connectivity index (χ2v) is 22.3. The molecule has 4 saturated carbocycles. The molecule has 3 unspecified atom stereocenters. The van der Waals surface area contributed by atoms with Crippen LogP contribution in [0.3, 0.4) is 0 Å². The summed E-state index contributed by atoms with van der Waals surface area (Å²) in [6.45, 7) is 19.6. The highest BCUT2D eigenvalue weighted by atomic mass is 16.4. The van der Waals surface area contributed by atoms with Crippen LogP contribution in [-0.2, 0) is 24.0 Å². The number of aliphatic hydroxyl groups excluding tert-OH is 1. The lowest BCUT2D eigenvalue weighted by Crippen LogP contribution is -2.66. The van der Waals surface area contributed by atoms with Crippen molar-refractivity contribution in [2.45, 2.75) is 131 Å². The average Bonchev–Trinajstić information content (AvgIpc) is 3.20. The molecule has 1 heterocycles. The number of carboxylic acids is 3. The molecule has 0 aromatic heterocycles. The Kier molecular flexibility index (Phi) is 15.3. The summed E-state index contributed by atoms with van der Waals surface area (Å²) in [6.07, 6.45) is 12.7. The second kappa shape index (κ2) is 19.5. The molecule has 5 aliphatic carbocycles. The number of aliphatic hydroxyl groups is 1. The zero-order chi connectivity index (χ0) is 46.1. The summed E-state index contributed by atoms with van der Waals surface area (Å²) in [6, 6.07) is -0.883. The minimum absolute atomic E-state index is 0.0279. The van der Waals surface area contributed by atoms with E-state index in [4.69, 9.17) is 0 Å². The third kappa shape index (κ3) is 9.54. The monoisotopic (exact) mass is 884 g/mol. The molecule has 14 nitrogen and oxygen atoms in total. The van der Waals surface area contributed by atoms with E-state index in [9.17, 15) is 44.4 Å². The number of allylic oxidation sites excluding steroid dienone is 2. The first-order valence-corrected chi connectivity index (χ1v) is 24.3. The summed E-state index contributed by atoms with van der Waals surface area (Å²) >= 11 is 0. The molecule has 0 aromatic rings. The van der Waals surface area contributed by atoms with E-state index in [1.165, 1.54) is 5.57 Å². The highest BCUT2D eigenvalue weighted by Crippen LogP contribution is 2.75. The van der Waals surface area contributed by atoms with Gasteiger partial charge in [-0.25, -0.2) is 0 Å². The van der Waals surface area contributed by atoms with Crippen LogP contribution in [0, 0.1) is 56.7 Å². The normalized spacial score (nSPS) is 38.8. The van der Waals surface area contributed by atoms with Crippen LogP contribution in [0.5, 0.6) is 0 Å². The summed E-state index contributed by atoms with van der Waals surface area (Å²) in [5, 5.41) is 44.3. The Morgan fingerprint density at radius 1 is 0.778 bits per heavy atom. The van der Waals surface area contributed by atoms with Crippen molar-refractivity contribution in [2.75, 3.05) is 78.5 Å². The molecule has 0 radical (unpaired) electrons. The number of aliphatic carboxylic acids is 3. The lowest BCUT2D eigenvalue weighted by molar-refractivity contribution is -0.204. The number of carboxylic acid groups (broad SMARTS) is 3. The van der Waals surface area contributed by atoms with Crippen molar-refractivity contribution in [3.8, 4) is 0 Å². The van der Waals surface area contributed by atoms with Gasteiger partial charge in [0.25, 0.3) is 0 Å². The van der Waals surface area contributed by atoms with Crippen molar-refractivity contribution in [3.05, 3.63) is 11.6 Å². The Hall–Kier alpha value is -2.91. The fourth-order valence-electron chi connectivity index (χ4n) is 14.9. The number of carbonyl (C=O) groups is 5. The summed E-state index contributed by atoms with van der Waals surface area (Å²) < 4.78 is 0. The molecule has 5 N–H and O–H groups in total. The minimum atomic E-state index is -1.02. The first kappa shape index (κ1) is 49.5. The number of nitrogens with zero attached hydrogens (tertiary/aromatic N) is 4. The molecular formula is C49H81N5O9. The lowest BCUT2D eigenvalue weighted by atomic mass is 9.33. The van der Waals surface area contributed by atoms with Crippen LogP contribution < -0.4 is 5.32 Å². The third-order valence-corrected chi connectivity index (χ3v) is 19.0. The van der Waals surface area contributed by atoms with Crippen molar-refractivity contribution in [3.63, 3.8) is 0 Å². The van der Waals surface area contributed by atoms with Gasteiger partial charge in [0.1, 0.15) is 12.3 Å². The molecule has 5 fully saturated rings. The highest BCUT2D eigenvalue weighted by molar-refractivity contribution is 5.84. The Balaban J connectivity index is 1.17. The second-order valence-electron chi connectivity index (χ2n) is 22.3. The van der Waals surface area contributed by atoms with E-state index in [1.54, 1.807) is 9.80 Å². The van der Waals surface area contributed by atoms with Gasteiger partial charge in [-0.15, -0.1) is 0 Å². The summed E-state index contributed by atoms with van der Waals surface area (Å²) in [5.74, 6) is -0.923. The van der Waals surface area contributed by atoms with Gasteiger partial charge in [-0.3, -0.25) is 38.8 Å². The quantitative estimate of drug-likeness (QED) is 0.0951. The number of nitrogens with one attached hydrogen (secondary N) is 1. The smallest absolute Gasteiger partial charge is 0.320 e. The number of hydrogen-bond donors (Lipinski definition) is 5. The number of hydrogen-bond acceptors (Lipinski definition) is 10. The van der Waals surface area contributed by atoms with Gasteiger partial charge in [0, 0.05) is 58.9 Å². The molecule has 6 aliphatic rings. The van der Waals surface area contributed by atoms with Gasteiger partial charge in [-0.05, 0) is 122 Å². The summed E-state index contributed by atoms with van der Waals surface area (Å²) in [4.78, 5) is 70.1. The molecule has 0 bridgehead atoms. The largest absolute Gasteiger partial charge is 0.480 e. The zero-order valence-corrected chi connectivity index (χ0v) is 39.6. The fraction of sp³-hybridized carbons (Fsp3) is 0.857. The molecule has 1 saturated heterocycles. The van der Waals surface area contributed by atoms with Crippen molar-refractivity contribution >= 4 is 30.1 Å². The van der Waals surface area contributed by atoms with E-state index in [-0.39, 0.29) is 78.7 Å². The maximum atomic E-state index is 14.9. The zero-order valence-electron chi connectivity index (χ0n) is 39.6. The Morgan fingerprint density at radius 2 is 1.38 bits per heavy atom. The van der Waals surface area contributed by atoms with Crippen molar-refractivity contribution in [1.29, 1.82) is 0 Å². The fourth-order valence-corrected chi connectivity index (χ4v) is 14.9. The van der Waals surface area contributed by atoms with E-state index >= 15 is 0 Å². The van der Waals surface area contributed by atoms with Gasteiger partial charge in [-0.1, -0.05) is 60.1 Å².